The van der Waals surface area contributed by atoms with Crippen molar-refractivity contribution in [2.45, 2.75) is 12.8 Å². The largest absolute Gasteiger partial charge is 0.343 e. The van der Waals surface area contributed by atoms with Crippen molar-refractivity contribution in [2.75, 3.05) is 25.6 Å². The maximum Gasteiger partial charge on any atom is 0.275 e. The normalized spacial score (nSPS) is 16.8. The predicted octanol–water partition coefficient (Wildman–Crippen LogP) is 5.12. The van der Waals surface area contributed by atoms with E-state index < -0.39 is 0 Å². The van der Waals surface area contributed by atoms with Crippen LogP contribution in [0.5, 0.6) is 0 Å². The highest BCUT2D eigenvalue weighted by molar-refractivity contribution is 9.10. The lowest BCUT2D eigenvalue weighted by Crippen LogP contribution is -2.23. The van der Waals surface area contributed by atoms with Crippen LogP contribution >= 0.6 is 39.0 Å². The molecule has 1 saturated heterocycles. The van der Waals surface area contributed by atoms with E-state index in [0.29, 0.717) is 11.6 Å². The molecule has 1 aliphatic heterocycles. The number of fused-ring (bicyclic) bond motifs is 1. The Kier molecular flexibility index (Phi) is 5.53. The van der Waals surface area contributed by atoms with Crippen LogP contribution in [-0.2, 0) is 6.42 Å². The number of rotatable bonds is 4. The number of carbonyl (C=O) groups excluding carboxylic acids is 1. The average Bonchev–Trinajstić information content (AvgIpc) is 3.32. The van der Waals surface area contributed by atoms with Crippen molar-refractivity contribution in [2.24, 2.45) is 5.92 Å². The summed E-state index contributed by atoms with van der Waals surface area (Å²) in [7, 11) is 3.51. The Morgan fingerprint density at radius 1 is 1.26 bits per heavy atom. The molecule has 2 aromatic heterocycles. The predicted molar refractivity (Wildman–Crippen MR) is 118 cm³/mol. The van der Waals surface area contributed by atoms with Crippen LogP contribution in [0.2, 0.25) is 0 Å². The minimum atomic E-state index is -0.0975. The van der Waals surface area contributed by atoms with Crippen LogP contribution in [-0.4, -0.2) is 46.6 Å². The van der Waals surface area contributed by atoms with E-state index in [2.05, 4.69) is 44.3 Å². The van der Waals surface area contributed by atoms with Crippen molar-refractivity contribution in [3.05, 3.63) is 46.2 Å². The Labute approximate surface area is 175 Å². The van der Waals surface area contributed by atoms with Crippen molar-refractivity contribution in [3.8, 4) is 10.4 Å². The molecule has 0 aliphatic carbocycles. The quantitative estimate of drug-likeness (QED) is 0.540. The second-order valence-electron chi connectivity index (χ2n) is 6.99. The first-order chi connectivity index (χ1) is 13.0. The monoisotopic (exact) mass is 461 g/mol. The summed E-state index contributed by atoms with van der Waals surface area (Å²) in [5.41, 5.74) is 2.62. The molecule has 0 bridgehead atoms. The molecule has 3 heterocycles. The second-order valence-corrected chi connectivity index (χ2v) is 10.1. The third-order valence-electron chi connectivity index (χ3n) is 4.77. The van der Waals surface area contributed by atoms with Crippen molar-refractivity contribution in [1.82, 2.24) is 15.1 Å². The highest BCUT2D eigenvalue weighted by atomic mass is 79.9. The van der Waals surface area contributed by atoms with Crippen LogP contribution in [0.25, 0.3) is 20.5 Å². The number of aromatic nitrogens is 2. The summed E-state index contributed by atoms with van der Waals surface area (Å²) in [5, 5.41) is 9.91. The van der Waals surface area contributed by atoms with Gasteiger partial charge in [-0.25, -0.2) is 0 Å². The van der Waals surface area contributed by atoms with E-state index >= 15 is 0 Å². The summed E-state index contributed by atoms with van der Waals surface area (Å²) in [6.45, 7) is 0. The molecule has 4 nitrogen and oxygen atoms in total. The average molecular weight is 462 g/mol. The van der Waals surface area contributed by atoms with Crippen LogP contribution in [0.3, 0.4) is 0 Å². The first-order valence-electron chi connectivity index (χ1n) is 8.87. The molecular weight excluding hydrogens is 442 g/mol. The van der Waals surface area contributed by atoms with E-state index in [-0.39, 0.29) is 5.91 Å². The van der Waals surface area contributed by atoms with Gasteiger partial charge in [0.25, 0.3) is 5.91 Å². The number of thiophene rings is 1. The third-order valence-corrected chi connectivity index (χ3v) is 7.72. The Morgan fingerprint density at radius 3 is 2.70 bits per heavy atom. The smallest absolute Gasteiger partial charge is 0.275 e. The number of carbonyl (C=O) groups is 1. The highest BCUT2D eigenvalue weighted by Gasteiger charge is 2.23. The van der Waals surface area contributed by atoms with Gasteiger partial charge in [-0.1, -0.05) is 28.1 Å². The second kappa shape index (κ2) is 7.89. The molecule has 0 saturated carbocycles. The third kappa shape index (κ3) is 3.91. The van der Waals surface area contributed by atoms with Crippen LogP contribution < -0.4 is 0 Å². The lowest BCUT2D eigenvalue weighted by molar-refractivity contribution is 0.0823. The van der Waals surface area contributed by atoms with Crippen molar-refractivity contribution in [1.29, 1.82) is 0 Å². The molecule has 1 unspecified atom stereocenters. The van der Waals surface area contributed by atoms with Crippen molar-refractivity contribution >= 4 is 55.0 Å². The van der Waals surface area contributed by atoms with Gasteiger partial charge in [-0.3, -0.25) is 4.79 Å². The molecule has 1 fully saturated rings. The minimum Gasteiger partial charge on any atom is -0.343 e. The van der Waals surface area contributed by atoms with Crippen molar-refractivity contribution in [3.63, 3.8) is 0 Å². The number of hydrogen-bond donors (Lipinski definition) is 0. The van der Waals surface area contributed by atoms with E-state index in [4.69, 9.17) is 0 Å². The van der Waals surface area contributed by atoms with Gasteiger partial charge < -0.3 is 4.90 Å². The zero-order valence-corrected chi connectivity index (χ0v) is 18.5. The molecule has 1 aromatic carbocycles. The van der Waals surface area contributed by atoms with Crippen LogP contribution in [0.1, 0.15) is 22.6 Å². The zero-order chi connectivity index (χ0) is 19.0. The summed E-state index contributed by atoms with van der Waals surface area (Å²) in [6.07, 6.45) is 2.17. The van der Waals surface area contributed by atoms with E-state index in [1.165, 1.54) is 17.9 Å². The maximum absolute atomic E-state index is 12.6. The standard InChI is InChI=1S/C20H20BrN3OS2/c1-24(2)20(25)18-19-15(16(22-23-18)9-12-7-8-26-11-12)10-17(27-19)13-3-5-14(21)6-4-13/h3-6,10,12H,7-9,11H2,1-2H3. The van der Waals surface area contributed by atoms with Gasteiger partial charge >= 0.3 is 0 Å². The van der Waals surface area contributed by atoms with Gasteiger partial charge in [0.2, 0.25) is 0 Å². The summed E-state index contributed by atoms with van der Waals surface area (Å²) >= 11 is 7.13. The minimum absolute atomic E-state index is 0.0975. The Balaban J connectivity index is 1.83. The Morgan fingerprint density at radius 2 is 2.04 bits per heavy atom. The maximum atomic E-state index is 12.6. The number of amides is 1. The zero-order valence-electron chi connectivity index (χ0n) is 15.2. The molecule has 3 aromatic rings. The molecule has 27 heavy (non-hydrogen) atoms. The molecular formula is C20H20BrN3OS2. The van der Waals surface area contributed by atoms with E-state index in [9.17, 15) is 4.79 Å². The highest BCUT2D eigenvalue weighted by Crippen LogP contribution is 2.38. The Bertz CT molecular complexity index is 979. The summed E-state index contributed by atoms with van der Waals surface area (Å²) in [6, 6.07) is 10.5. The van der Waals surface area contributed by atoms with Gasteiger partial charge in [0.05, 0.1) is 10.4 Å². The van der Waals surface area contributed by atoms with E-state index in [1.54, 1.807) is 30.3 Å². The molecule has 1 atom stereocenters. The molecule has 4 rings (SSSR count). The lowest BCUT2D eigenvalue weighted by atomic mass is 10.0. The van der Waals surface area contributed by atoms with Gasteiger partial charge in [-0.05, 0) is 54.0 Å². The summed E-state index contributed by atoms with van der Waals surface area (Å²) in [5.74, 6) is 2.97. The fourth-order valence-corrected chi connectivity index (χ4v) is 5.98. The fraction of sp³-hybridized carbons (Fsp3) is 0.350. The lowest BCUT2D eigenvalue weighted by Gasteiger charge is -2.12. The van der Waals surface area contributed by atoms with Crippen molar-refractivity contribution < 1.29 is 4.79 Å². The van der Waals surface area contributed by atoms with Gasteiger partial charge in [0, 0.05) is 28.8 Å². The Hall–Kier alpha value is -1.44. The van der Waals surface area contributed by atoms with Gasteiger partial charge in [-0.15, -0.1) is 16.4 Å². The van der Waals surface area contributed by atoms with Crippen LogP contribution in [0.4, 0.5) is 0 Å². The molecule has 7 heteroatoms. The van der Waals surface area contributed by atoms with Crippen LogP contribution in [0, 0.1) is 5.92 Å². The molecule has 0 N–H and O–H groups in total. The van der Waals surface area contributed by atoms with Gasteiger partial charge in [-0.2, -0.15) is 16.9 Å². The summed E-state index contributed by atoms with van der Waals surface area (Å²) in [4.78, 5) is 15.3. The first-order valence-corrected chi connectivity index (χ1v) is 11.6. The molecule has 0 spiro atoms. The summed E-state index contributed by atoms with van der Waals surface area (Å²) < 4.78 is 2.00. The molecule has 1 amide bonds. The van der Waals surface area contributed by atoms with Gasteiger partial charge in [0.1, 0.15) is 0 Å². The fourth-order valence-electron chi connectivity index (χ4n) is 3.27. The molecule has 1 aliphatic rings. The number of hydrogen-bond acceptors (Lipinski definition) is 5. The first kappa shape index (κ1) is 18.9. The topological polar surface area (TPSA) is 46.1 Å². The SMILES string of the molecule is CN(C)C(=O)c1nnc(CC2CCSC2)c2cc(-c3ccc(Br)cc3)sc12. The molecule has 140 valence electrons. The van der Waals surface area contributed by atoms with E-state index in [0.717, 1.165) is 37.1 Å². The van der Waals surface area contributed by atoms with Crippen LogP contribution in [0.15, 0.2) is 34.8 Å². The molecule has 0 radical (unpaired) electrons. The number of halogens is 1. The number of nitrogens with zero attached hydrogens (tertiary/aromatic N) is 3. The number of benzene rings is 1. The van der Waals surface area contributed by atoms with E-state index in [1.807, 2.05) is 23.9 Å². The number of thioether (sulfide) groups is 1. The van der Waals surface area contributed by atoms with Gasteiger partial charge in [0.15, 0.2) is 5.69 Å².